The maximum absolute atomic E-state index is 12.4. The van der Waals surface area contributed by atoms with Gasteiger partial charge in [-0.15, -0.1) is 0 Å². The van der Waals surface area contributed by atoms with Gasteiger partial charge in [0.15, 0.2) is 0 Å². The van der Waals surface area contributed by atoms with Gasteiger partial charge in [-0.2, -0.15) is 8.78 Å². The van der Waals surface area contributed by atoms with Crippen LogP contribution in [-0.2, 0) is 21.2 Å². The number of halogens is 3. The molecule has 122 valence electrons. The van der Waals surface area contributed by atoms with Crippen molar-refractivity contribution < 1.29 is 26.7 Å². The Labute approximate surface area is 140 Å². The van der Waals surface area contributed by atoms with Gasteiger partial charge in [-0.05, 0) is 42.0 Å². The van der Waals surface area contributed by atoms with Gasteiger partial charge in [-0.1, -0.05) is 28.1 Å². The van der Waals surface area contributed by atoms with Crippen LogP contribution in [0, 0.1) is 0 Å². The Morgan fingerprint density at radius 2 is 1.78 bits per heavy atom. The molecule has 0 unspecified atom stereocenters. The lowest BCUT2D eigenvalue weighted by atomic mass is 10.2. The van der Waals surface area contributed by atoms with Crippen molar-refractivity contribution >= 4 is 31.7 Å². The maximum atomic E-state index is 12.4. The number of sulfone groups is 1. The van der Waals surface area contributed by atoms with Crippen LogP contribution in [0.4, 0.5) is 8.78 Å². The van der Waals surface area contributed by atoms with E-state index in [0.717, 1.165) is 34.3 Å². The van der Waals surface area contributed by atoms with Crippen molar-refractivity contribution in [3.05, 3.63) is 64.1 Å². The van der Waals surface area contributed by atoms with E-state index in [4.69, 9.17) is 4.74 Å². The zero-order valence-electron chi connectivity index (χ0n) is 11.6. The first-order valence-electron chi connectivity index (χ1n) is 6.34. The molecule has 0 heterocycles. The van der Waals surface area contributed by atoms with Crippen molar-refractivity contribution in [3.63, 3.8) is 0 Å². The molecule has 0 aliphatic rings. The number of alkyl halides is 2. The fraction of sp³-hybridized carbons (Fsp3) is 0.133. The molecule has 0 aliphatic heterocycles. The Morgan fingerprint density at radius 3 is 2.35 bits per heavy atom. The molecule has 0 saturated heterocycles. The van der Waals surface area contributed by atoms with Crippen LogP contribution in [0.25, 0.3) is 0 Å². The van der Waals surface area contributed by atoms with Crippen LogP contribution >= 0.6 is 15.9 Å². The molecule has 2 aromatic rings. The number of benzene rings is 2. The zero-order chi connectivity index (χ0) is 17.0. The summed E-state index contributed by atoms with van der Waals surface area (Å²) in [5, 5.41) is 0. The molecule has 0 amide bonds. The lowest BCUT2D eigenvalue weighted by molar-refractivity contribution is 0.0472. The standard InChI is InChI=1S/C15H11BrF2O4S/c16-12-3-1-2-10(8-12)9-22-14(19)11-4-6-13(7-5-11)23(20,21)15(17)18/h1-8,15H,9H2. The van der Waals surface area contributed by atoms with Gasteiger partial charge in [-0.3, -0.25) is 0 Å². The monoisotopic (exact) mass is 404 g/mol. The fourth-order valence-corrected chi connectivity index (χ4v) is 2.91. The molecule has 2 rings (SSSR count). The topological polar surface area (TPSA) is 60.4 Å². The summed E-state index contributed by atoms with van der Waals surface area (Å²) < 4.78 is 53.3. The second-order valence-corrected chi connectivity index (χ2v) is 7.37. The maximum Gasteiger partial charge on any atom is 0.341 e. The van der Waals surface area contributed by atoms with E-state index < -0.39 is 26.5 Å². The quantitative estimate of drug-likeness (QED) is 0.711. The first-order valence-corrected chi connectivity index (χ1v) is 8.68. The molecule has 0 fully saturated rings. The average molecular weight is 405 g/mol. The third-order valence-electron chi connectivity index (χ3n) is 2.91. The Balaban J connectivity index is 2.06. The minimum absolute atomic E-state index is 0.0371. The fourth-order valence-electron chi connectivity index (χ4n) is 1.74. The van der Waals surface area contributed by atoms with Crippen molar-refractivity contribution in [2.24, 2.45) is 0 Å². The third kappa shape index (κ3) is 4.35. The number of esters is 1. The normalized spacial score (nSPS) is 11.5. The Kier molecular flexibility index (Phi) is 5.48. The van der Waals surface area contributed by atoms with Crippen LogP contribution in [0.15, 0.2) is 57.9 Å². The predicted molar refractivity (Wildman–Crippen MR) is 82.9 cm³/mol. The molecule has 2 aromatic carbocycles. The molecular weight excluding hydrogens is 394 g/mol. The van der Waals surface area contributed by atoms with E-state index in [2.05, 4.69) is 15.9 Å². The molecular formula is C15H11BrF2O4S. The summed E-state index contributed by atoms with van der Waals surface area (Å²) in [6.45, 7) is 0.0371. The van der Waals surface area contributed by atoms with E-state index in [-0.39, 0.29) is 12.2 Å². The summed E-state index contributed by atoms with van der Waals surface area (Å²) in [7, 11) is -4.67. The number of carbonyl (C=O) groups is 1. The van der Waals surface area contributed by atoms with Gasteiger partial charge in [0.25, 0.3) is 0 Å². The summed E-state index contributed by atoms with van der Waals surface area (Å²) in [4.78, 5) is 11.3. The van der Waals surface area contributed by atoms with Crippen molar-refractivity contribution in [2.45, 2.75) is 17.3 Å². The third-order valence-corrected chi connectivity index (χ3v) is 4.80. The van der Waals surface area contributed by atoms with E-state index in [0.29, 0.717) is 0 Å². The van der Waals surface area contributed by atoms with Gasteiger partial charge in [0.2, 0.25) is 9.84 Å². The number of carbonyl (C=O) groups excluding carboxylic acids is 1. The highest BCUT2D eigenvalue weighted by Gasteiger charge is 2.26. The van der Waals surface area contributed by atoms with Gasteiger partial charge < -0.3 is 4.74 Å². The second kappa shape index (κ2) is 7.18. The molecule has 0 radical (unpaired) electrons. The highest BCUT2D eigenvalue weighted by molar-refractivity contribution is 9.10. The Bertz CT molecular complexity index is 804. The van der Waals surface area contributed by atoms with Crippen molar-refractivity contribution in [1.82, 2.24) is 0 Å². The van der Waals surface area contributed by atoms with Gasteiger partial charge in [0.05, 0.1) is 10.5 Å². The summed E-state index contributed by atoms with van der Waals surface area (Å²) in [5.41, 5.74) is 0.845. The highest BCUT2D eigenvalue weighted by atomic mass is 79.9. The first-order chi connectivity index (χ1) is 10.8. The van der Waals surface area contributed by atoms with Gasteiger partial charge >= 0.3 is 11.7 Å². The van der Waals surface area contributed by atoms with E-state index in [1.165, 1.54) is 0 Å². The molecule has 0 bridgehead atoms. The van der Waals surface area contributed by atoms with E-state index in [9.17, 15) is 22.0 Å². The first kappa shape index (κ1) is 17.6. The van der Waals surface area contributed by atoms with Crippen LogP contribution in [0.1, 0.15) is 15.9 Å². The number of hydrogen-bond acceptors (Lipinski definition) is 4. The van der Waals surface area contributed by atoms with Gasteiger partial charge in [-0.25, -0.2) is 13.2 Å². The number of rotatable bonds is 5. The number of ether oxygens (including phenoxy) is 1. The second-order valence-electron chi connectivity index (χ2n) is 4.54. The molecule has 0 N–H and O–H groups in total. The largest absolute Gasteiger partial charge is 0.457 e. The minimum Gasteiger partial charge on any atom is -0.457 e. The van der Waals surface area contributed by atoms with Crippen LogP contribution in [0.2, 0.25) is 0 Å². The predicted octanol–water partition coefficient (Wildman–Crippen LogP) is 3.80. The summed E-state index contributed by atoms with van der Waals surface area (Å²) >= 11 is 3.29. The Morgan fingerprint density at radius 1 is 1.13 bits per heavy atom. The van der Waals surface area contributed by atoms with Crippen LogP contribution in [0.5, 0.6) is 0 Å². The van der Waals surface area contributed by atoms with Crippen LogP contribution < -0.4 is 0 Å². The van der Waals surface area contributed by atoms with Gasteiger partial charge in [0, 0.05) is 4.47 Å². The average Bonchev–Trinajstić information content (AvgIpc) is 2.52. The summed E-state index contributed by atoms with van der Waals surface area (Å²) in [6, 6.07) is 11.4. The van der Waals surface area contributed by atoms with Crippen molar-refractivity contribution in [2.75, 3.05) is 0 Å². The lowest BCUT2D eigenvalue weighted by Gasteiger charge is -2.07. The molecule has 0 atom stereocenters. The molecule has 4 nitrogen and oxygen atoms in total. The zero-order valence-corrected chi connectivity index (χ0v) is 14.0. The van der Waals surface area contributed by atoms with Crippen molar-refractivity contribution in [1.29, 1.82) is 0 Å². The van der Waals surface area contributed by atoms with Crippen LogP contribution in [0.3, 0.4) is 0 Å². The Hall–Kier alpha value is -1.80. The molecule has 0 spiro atoms. The lowest BCUT2D eigenvalue weighted by Crippen LogP contribution is -2.12. The summed E-state index contributed by atoms with van der Waals surface area (Å²) in [5.74, 6) is -4.18. The van der Waals surface area contributed by atoms with Crippen LogP contribution in [-0.4, -0.2) is 20.1 Å². The van der Waals surface area contributed by atoms with E-state index in [1.54, 1.807) is 18.2 Å². The van der Waals surface area contributed by atoms with Gasteiger partial charge in [0.1, 0.15) is 6.61 Å². The molecule has 8 heteroatoms. The van der Waals surface area contributed by atoms with E-state index >= 15 is 0 Å². The van der Waals surface area contributed by atoms with E-state index in [1.807, 2.05) is 6.07 Å². The molecule has 0 saturated carbocycles. The molecule has 23 heavy (non-hydrogen) atoms. The highest BCUT2D eigenvalue weighted by Crippen LogP contribution is 2.19. The SMILES string of the molecule is O=C(OCc1cccc(Br)c1)c1ccc(S(=O)(=O)C(F)F)cc1. The van der Waals surface area contributed by atoms with Crippen molar-refractivity contribution in [3.8, 4) is 0 Å². The molecule has 0 aliphatic carbocycles. The molecule has 0 aromatic heterocycles. The number of hydrogen-bond donors (Lipinski definition) is 0. The minimum atomic E-state index is -4.67. The summed E-state index contributed by atoms with van der Waals surface area (Å²) in [6.07, 6.45) is 0. The smallest absolute Gasteiger partial charge is 0.341 e.